The second-order valence-corrected chi connectivity index (χ2v) is 5.79. The molecule has 0 spiro atoms. The average Bonchev–Trinajstić information content (AvgIpc) is 3.00. The Hall–Kier alpha value is -1.56. The number of hydrogen-bond donors (Lipinski definition) is 2. The van der Waals surface area contributed by atoms with E-state index in [2.05, 4.69) is 15.7 Å². The standard InChI is InChI=1S/C15H26N4O2/c1-11(12(2)21-3)17-15(20)18-13-7-4-5-8-14(13)19-10-6-9-16-19/h6,9-14H,4-5,7-8H2,1-3H3,(H2,17,18,20)/t11-,12+,13+,14-/m0/s1. The van der Waals surface area contributed by atoms with Crippen molar-refractivity contribution in [3.05, 3.63) is 18.5 Å². The van der Waals surface area contributed by atoms with Gasteiger partial charge in [-0.25, -0.2) is 4.79 Å². The number of carbonyl (C=O) groups excluding carboxylic acids is 1. The number of nitrogens with one attached hydrogen (secondary N) is 2. The molecule has 0 saturated heterocycles. The number of rotatable bonds is 5. The Labute approximate surface area is 126 Å². The average molecular weight is 294 g/mol. The van der Waals surface area contributed by atoms with Gasteiger partial charge in [-0.2, -0.15) is 5.10 Å². The number of carbonyl (C=O) groups is 1. The van der Waals surface area contributed by atoms with Crippen molar-refractivity contribution in [1.82, 2.24) is 20.4 Å². The molecule has 1 aliphatic rings. The first-order chi connectivity index (χ1) is 10.1. The van der Waals surface area contributed by atoms with E-state index in [4.69, 9.17) is 4.74 Å². The van der Waals surface area contributed by atoms with Crippen LogP contribution in [0.3, 0.4) is 0 Å². The highest BCUT2D eigenvalue weighted by Crippen LogP contribution is 2.27. The molecule has 1 heterocycles. The summed E-state index contributed by atoms with van der Waals surface area (Å²) in [4.78, 5) is 12.1. The fourth-order valence-corrected chi connectivity index (χ4v) is 2.81. The van der Waals surface area contributed by atoms with E-state index in [-0.39, 0.29) is 30.3 Å². The van der Waals surface area contributed by atoms with Crippen molar-refractivity contribution in [2.75, 3.05) is 7.11 Å². The molecule has 2 rings (SSSR count). The normalized spacial score (nSPS) is 25.1. The maximum Gasteiger partial charge on any atom is 0.315 e. The summed E-state index contributed by atoms with van der Waals surface area (Å²) in [5, 5.41) is 10.4. The van der Waals surface area contributed by atoms with Gasteiger partial charge in [-0.15, -0.1) is 0 Å². The van der Waals surface area contributed by atoms with Gasteiger partial charge in [0, 0.05) is 19.5 Å². The predicted octanol–water partition coefficient (Wildman–Crippen LogP) is 2.09. The van der Waals surface area contributed by atoms with Gasteiger partial charge in [0.05, 0.1) is 24.2 Å². The molecule has 0 aliphatic heterocycles. The third kappa shape index (κ3) is 4.20. The van der Waals surface area contributed by atoms with Gasteiger partial charge in [0.15, 0.2) is 0 Å². The van der Waals surface area contributed by atoms with Gasteiger partial charge in [0.2, 0.25) is 0 Å². The molecule has 1 saturated carbocycles. The lowest BCUT2D eigenvalue weighted by Gasteiger charge is -2.33. The van der Waals surface area contributed by atoms with Crippen LogP contribution < -0.4 is 10.6 Å². The number of hydrogen-bond acceptors (Lipinski definition) is 3. The zero-order valence-corrected chi connectivity index (χ0v) is 13.1. The molecule has 6 heteroatoms. The summed E-state index contributed by atoms with van der Waals surface area (Å²) in [6, 6.07) is 2.14. The Morgan fingerprint density at radius 1 is 1.38 bits per heavy atom. The van der Waals surface area contributed by atoms with Crippen LogP contribution in [0.15, 0.2) is 18.5 Å². The predicted molar refractivity (Wildman–Crippen MR) is 81.1 cm³/mol. The lowest BCUT2D eigenvalue weighted by atomic mass is 9.90. The van der Waals surface area contributed by atoms with Gasteiger partial charge in [-0.05, 0) is 32.8 Å². The van der Waals surface area contributed by atoms with E-state index in [1.807, 2.05) is 30.8 Å². The number of ether oxygens (including phenoxy) is 1. The highest BCUT2D eigenvalue weighted by atomic mass is 16.5. The quantitative estimate of drug-likeness (QED) is 0.873. The van der Waals surface area contributed by atoms with Crippen LogP contribution in [0.4, 0.5) is 4.79 Å². The summed E-state index contributed by atoms with van der Waals surface area (Å²) in [5.74, 6) is 0. The van der Waals surface area contributed by atoms with Crippen molar-refractivity contribution in [2.45, 2.75) is 63.8 Å². The summed E-state index contributed by atoms with van der Waals surface area (Å²) in [7, 11) is 1.65. The Kier molecular flexibility index (Phi) is 5.61. The molecule has 2 N–H and O–H groups in total. The number of methoxy groups -OCH3 is 1. The fraction of sp³-hybridized carbons (Fsp3) is 0.733. The van der Waals surface area contributed by atoms with Crippen LogP contribution in [0, 0.1) is 0 Å². The minimum atomic E-state index is -0.129. The maximum absolute atomic E-state index is 12.1. The SMILES string of the molecule is CO[C@H](C)[C@H](C)NC(=O)N[C@@H]1CCCC[C@@H]1n1cccn1. The van der Waals surface area contributed by atoms with Crippen molar-refractivity contribution in [3.63, 3.8) is 0 Å². The summed E-state index contributed by atoms with van der Waals surface area (Å²) in [5.41, 5.74) is 0. The first-order valence-electron chi connectivity index (χ1n) is 7.70. The molecule has 2 amide bonds. The second-order valence-electron chi connectivity index (χ2n) is 5.79. The third-order valence-corrected chi connectivity index (χ3v) is 4.35. The summed E-state index contributed by atoms with van der Waals surface area (Å²) in [6.07, 6.45) is 8.12. The zero-order chi connectivity index (χ0) is 15.2. The molecule has 1 aromatic rings. The van der Waals surface area contributed by atoms with E-state index >= 15 is 0 Å². The Morgan fingerprint density at radius 3 is 2.81 bits per heavy atom. The van der Waals surface area contributed by atoms with Crippen molar-refractivity contribution in [3.8, 4) is 0 Å². The number of aromatic nitrogens is 2. The third-order valence-electron chi connectivity index (χ3n) is 4.35. The van der Waals surface area contributed by atoms with Gasteiger partial charge in [0.25, 0.3) is 0 Å². The number of urea groups is 1. The summed E-state index contributed by atoms with van der Waals surface area (Å²) in [6.45, 7) is 3.89. The molecule has 0 bridgehead atoms. The zero-order valence-electron chi connectivity index (χ0n) is 13.1. The lowest BCUT2D eigenvalue weighted by Crippen LogP contribution is -2.51. The van der Waals surface area contributed by atoms with Gasteiger partial charge < -0.3 is 15.4 Å². The van der Waals surface area contributed by atoms with Crippen LogP contribution in [-0.2, 0) is 4.74 Å². The van der Waals surface area contributed by atoms with E-state index in [0.717, 1.165) is 19.3 Å². The van der Waals surface area contributed by atoms with Crippen molar-refractivity contribution < 1.29 is 9.53 Å². The van der Waals surface area contributed by atoms with E-state index in [1.165, 1.54) is 6.42 Å². The fourth-order valence-electron chi connectivity index (χ4n) is 2.81. The Bertz CT molecular complexity index is 435. The maximum atomic E-state index is 12.1. The molecule has 1 fully saturated rings. The molecular formula is C15H26N4O2. The van der Waals surface area contributed by atoms with Gasteiger partial charge in [0.1, 0.15) is 0 Å². The molecule has 1 aromatic heterocycles. The monoisotopic (exact) mass is 294 g/mol. The first-order valence-corrected chi connectivity index (χ1v) is 7.70. The van der Waals surface area contributed by atoms with E-state index < -0.39 is 0 Å². The molecular weight excluding hydrogens is 268 g/mol. The Balaban J connectivity index is 1.91. The molecule has 1 aliphatic carbocycles. The lowest BCUT2D eigenvalue weighted by molar-refractivity contribution is 0.0905. The second kappa shape index (κ2) is 7.45. The Morgan fingerprint density at radius 2 is 2.14 bits per heavy atom. The van der Waals surface area contributed by atoms with E-state index in [0.29, 0.717) is 0 Å². The highest BCUT2D eigenvalue weighted by Gasteiger charge is 2.28. The molecule has 6 nitrogen and oxygen atoms in total. The van der Waals surface area contributed by atoms with Gasteiger partial charge >= 0.3 is 6.03 Å². The molecule has 118 valence electrons. The highest BCUT2D eigenvalue weighted by molar-refractivity contribution is 5.74. The number of nitrogens with zero attached hydrogens (tertiary/aromatic N) is 2. The van der Waals surface area contributed by atoms with Crippen molar-refractivity contribution in [1.29, 1.82) is 0 Å². The molecule has 0 aromatic carbocycles. The van der Waals surface area contributed by atoms with Crippen molar-refractivity contribution in [2.24, 2.45) is 0 Å². The topological polar surface area (TPSA) is 68.2 Å². The van der Waals surface area contributed by atoms with E-state index in [9.17, 15) is 4.79 Å². The largest absolute Gasteiger partial charge is 0.380 e. The molecule has 4 atom stereocenters. The number of amides is 2. The van der Waals surface area contributed by atoms with Crippen LogP contribution in [0.1, 0.15) is 45.6 Å². The van der Waals surface area contributed by atoms with E-state index in [1.54, 1.807) is 13.3 Å². The van der Waals surface area contributed by atoms with Gasteiger partial charge in [-0.3, -0.25) is 4.68 Å². The van der Waals surface area contributed by atoms with Crippen LogP contribution in [0.25, 0.3) is 0 Å². The van der Waals surface area contributed by atoms with Crippen LogP contribution in [0.2, 0.25) is 0 Å². The van der Waals surface area contributed by atoms with Crippen LogP contribution >= 0.6 is 0 Å². The van der Waals surface area contributed by atoms with Crippen molar-refractivity contribution >= 4 is 6.03 Å². The van der Waals surface area contributed by atoms with Gasteiger partial charge in [-0.1, -0.05) is 12.8 Å². The minimum absolute atomic E-state index is 0.0102. The summed E-state index contributed by atoms with van der Waals surface area (Å²) >= 11 is 0. The van der Waals surface area contributed by atoms with Crippen LogP contribution in [0.5, 0.6) is 0 Å². The van der Waals surface area contributed by atoms with Crippen LogP contribution in [-0.4, -0.2) is 41.1 Å². The molecule has 21 heavy (non-hydrogen) atoms. The first kappa shape index (κ1) is 15.8. The minimum Gasteiger partial charge on any atom is -0.380 e. The summed E-state index contributed by atoms with van der Waals surface area (Å²) < 4.78 is 7.19. The smallest absolute Gasteiger partial charge is 0.315 e. The molecule has 0 radical (unpaired) electrons. The molecule has 0 unspecified atom stereocenters.